The molecule has 0 N–H and O–H groups in total. The Kier molecular flexibility index (Phi) is 13.6. The van der Waals surface area contributed by atoms with Crippen LogP contribution in [0.1, 0.15) is 64.9 Å². The molecule has 0 aromatic heterocycles. The molecule has 2 heteroatoms. The van der Waals surface area contributed by atoms with Gasteiger partial charge in [-0.25, -0.2) is 0 Å². The van der Waals surface area contributed by atoms with Crippen LogP contribution in [0.3, 0.4) is 0 Å². The van der Waals surface area contributed by atoms with Gasteiger partial charge in [0.15, 0.2) is 0 Å². The summed E-state index contributed by atoms with van der Waals surface area (Å²) in [7, 11) is 2.64. The Morgan fingerprint density at radius 1 is 0.731 bits per heavy atom. The summed E-state index contributed by atoms with van der Waals surface area (Å²) >= 11 is 0. The van der Waals surface area contributed by atoms with Crippen LogP contribution in [0, 0.1) is 0 Å². The van der Waals surface area contributed by atoms with Crippen molar-refractivity contribution in [1.29, 1.82) is 0 Å². The number of benzene rings is 2. The monoisotopic (exact) mass is 370 g/mol. The lowest BCUT2D eigenvalue weighted by Gasteiger charge is -2.16. The SMILES string of the molecule is BCCc1ccc2ccccc2c1.CCCCP(CCCC)CCCC. The highest BCUT2D eigenvalue weighted by atomic mass is 31.1. The fourth-order valence-electron chi connectivity index (χ4n) is 3.16. The summed E-state index contributed by atoms with van der Waals surface area (Å²) in [6.07, 6.45) is 15.6. The molecule has 0 radical (unpaired) electrons. The van der Waals surface area contributed by atoms with E-state index in [4.69, 9.17) is 0 Å². The zero-order chi connectivity index (χ0) is 19.0. The second-order valence-corrected chi connectivity index (χ2v) is 10.0. The molecule has 0 spiro atoms. The van der Waals surface area contributed by atoms with Crippen molar-refractivity contribution in [2.75, 3.05) is 18.5 Å². The second kappa shape index (κ2) is 15.3. The first kappa shape index (κ1) is 23.2. The van der Waals surface area contributed by atoms with E-state index in [0.717, 1.165) is 0 Å². The van der Waals surface area contributed by atoms with Crippen molar-refractivity contribution < 1.29 is 0 Å². The standard InChI is InChI=1S/C12H13B.C12H27P/c13-8-7-10-5-6-11-3-1-2-4-12(11)9-10;1-4-7-10-13(11-8-5-2)12-9-6-3/h1-6,9H,7-8,13H2;4-12H2,1-3H3. The van der Waals surface area contributed by atoms with Crippen LogP contribution in [0.15, 0.2) is 42.5 Å². The molecule has 0 saturated heterocycles. The molecule has 0 atom stereocenters. The lowest BCUT2D eigenvalue weighted by atomic mass is 9.96. The predicted octanol–water partition coefficient (Wildman–Crippen LogP) is 7.30. The van der Waals surface area contributed by atoms with Gasteiger partial charge >= 0.3 is 0 Å². The molecular formula is C24H40BP. The normalized spacial score (nSPS) is 10.8. The average molecular weight is 370 g/mol. The third kappa shape index (κ3) is 9.77. The average Bonchev–Trinajstić information content (AvgIpc) is 2.68. The maximum atomic E-state index is 2.31. The highest BCUT2D eigenvalue weighted by Gasteiger charge is 2.05. The molecular weight excluding hydrogens is 330 g/mol. The highest BCUT2D eigenvalue weighted by molar-refractivity contribution is 7.57. The van der Waals surface area contributed by atoms with Gasteiger partial charge in [0.2, 0.25) is 0 Å². The van der Waals surface area contributed by atoms with Crippen LogP contribution >= 0.6 is 7.92 Å². The van der Waals surface area contributed by atoms with Crippen LogP contribution in [-0.2, 0) is 6.42 Å². The van der Waals surface area contributed by atoms with Crippen LogP contribution in [0.25, 0.3) is 10.8 Å². The van der Waals surface area contributed by atoms with Crippen molar-refractivity contribution in [3.05, 3.63) is 48.0 Å². The summed E-state index contributed by atoms with van der Waals surface area (Å²) in [4.78, 5) is 0. The predicted molar refractivity (Wildman–Crippen MR) is 127 cm³/mol. The minimum Gasteiger partial charge on any atom is -0.107 e. The van der Waals surface area contributed by atoms with E-state index in [1.807, 2.05) is 0 Å². The molecule has 0 aliphatic carbocycles. The van der Waals surface area contributed by atoms with Crippen LogP contribution < -0.4 is 0 Å². The molecule has 0 heterocycles. The minimum absolute atomic E-state index is 0.422. The third-order valence-electron chi connectivity index (χ3n) is 4.84. The van der Waals surface area contributed by atoms with Gasteiger partial charge < -0.3 is 0 Å². The smallest absolute Gasteiger partial charge is 0.101 e. The first-order chi connectivity index (χ1) is 12.7. The Morgan fingerprint density at radius 3 is 1.77 bits per heavy atom. The Labute approximate surface area is 165 Å². The molecule has 0 unspecified atom stereocenters. The van der Waals surface area contributed by atoms with E-state index in [1.54, 1.807) is 18.5 Å². The molecule has 2 rings (SSSR count). The van der Waals surface area contributed by atoms with Gasteiger partial charge in [-0.3, -0.25) is 0 Å². The van der Waals surface area contributed by atoms with Crippen LogP contribution in [0.4, 0.5) is 0 Å². The molecule has 144 valence electrons. The van der Waals surface area contributed by atoms with Crippen molar-refractivity contribution in [2.45, 2.75) is 72.0 Å². The summed E-state index contributed by atoms with van der Waals surface area (Å²) in [6, 6.07) is 15.2. The molecule has 0 fully saturated rings. The molecule has 0 bridgehead atoms. The molecule has 0 amide bonds. The summed E-state index contributed by atoms with van der Waals surface area (Å²) in [5.74, 6) is 0. The lowest BCUT2D eigenvalue weighted by Crippen LogP contribution is -1.95. The second-order valence-electron chi connectivity index (χ2n) is 7.33. The van der Waals surface area contributed by atoms with Gasteiger partial charge in [-0.15, -0.1) is 7.92 Å². The van der Waals surface area contributed by atoms with Crippen LogP contribution in [0.5, 0.6) is 0 Å². The summed E-state index contributed by atoms with van der Waals surface area (Å²) in [5, 5.41) is 2.69. The zero-order valence-electron chi connectivity index (χ0n) is 17.8. The molecule has 0 aliphatic heterocycles. The van der Waals surface area contributed by atoms with E-state index >= 15 is 0 Å². The topological polar surface area (TPSA) is 0 Å². The first-order valence-corrected chi connectivity index (χ1v) is 12.8. The van der Waals surface area contributed by atoms with Crippen molar-refractivity contribution in [3.63, 3.8) is 0 Å². The molecule has 2 aromatic carbocycles. The van der Waals surface area contributed by atoms with Gasteiger partial charge in [-0.05, 0) is 60.5 Å². The van der Waals surface area contributed by atoms with E-state index < -0.39 is 0 Å². The maximum Gasteiger partial charge on any atom is 0.101 e. The highest BCUT2D eigenvalue weighted by Crippen LogP contribution is 2.38. The van der Waals surface area contributed by atoms with Crippen molar-refractivity contribution in [2.24, 2.45) is 0 Å². The zero-order valence-corrected chi connectivity index (χ0v) is 18.7. The van der Waals surface area contributed by atoms with Gasteiger partial charge in [0.25, 0.3) is 0 Å². The Balaban J connectivity index is 0.000000260. The van der Waals surface area contributed by atoms with E-state index in [1.165, 1.54) is 67.6 Å². The van der Waals surface area contributed by atoms with E-state index in [9.17, 15) is 0 Å². The van der Waals surface area contributed by atoms with Crippen LogP contribution in [0.2, 0.25) is 6.32 Å². The van der Waals surface area contributed by atoms with Gasteiger partial charge in [0.1, 0.15) is 7.85 Å². The van der Waals surface area contributed by atoms with Crippen molar-refractivity contribution in [3.8, 4) is 0 Å². The number of fused-ring (bicyclic) bond motifs is 1. The Hall–Kier alpha value is -0.805. The summed E-state index contributed by atoms with van der Waals surface area (Å²) in [6.45, 7) is 6.94. The van der Waals surface area contributed by atoms with E-state index in [-0.39, 0.29) is 0 Å². The van der Waals surface area contributed by atoms with Gasteiger partial charge in [0.05, 0.1) is 0 Å². The summed E-state index contributed by atoms with van der Waals surface area (Å²) < 4.78 is 0. The molecule has 0 saturated carbocycles. The number of unbranched alkanes of at least 4 members (excludes halogenated alkanes) is 3. The maximum absolute atomic E-state index is 2.31. The Morgan fingerprint density at radius 2 is 1.27 bits per heavy atom. The number of aryl methyl sites for hydroxylation is 1. The van der Waals surface area contributed by atoms with Crippen molar-refractivity contribution >= 4 is 26.5 Å². The number of rotatable bonds is 11. The van der Waals surface area contributed by atoms with Gasteiger partial charge in [-0.2, -0.15) is 0 Å². The minimum atomic E-state index is 0.422. The fraction of sp³-hybridized carbons (Fsp3) is 0.583. The third-order valence-corrected chi connectivity index (χ3v) is 7.68. The number of hydrogen-bond acceptors (Lipinski definition) is 0. The first-order valence-electron chi connectivity index (χ1n) is 10.9. The van der Waals surface area contributed by atoms with Gasteiger partial charge in [-0.1, -0.05) is 88.8 Å². The number of hydrogen-bond donors (Lipinski definition) is 0. The fourth-order valence-corrected chi connectivity index (χ4v) is 6.12. The molecule has 0 aliphatic rings. The van der Waals surface area contributed by atoms with E-state index in [2.05, 4.69) is 71.1 Å². The van der Waals surface area contributed by atoms with Crippen LogP contribution in [-0.4, -0.2) is 26.3 Å². The lowest BCUT2D eigenvalue weighted by molar-refractivity contribution is 0.847. The molecule has 2 aromatic rings. The summed E-state index contributed by atoms with van der Waals surface area (Å²) in [5.41, 5.74) is 1.45. The van der Waals surface area contributed by atoms with Crippen molar-refractivity contribution in [1.82, 2.24) is 0 Å². The molecule has 26 heavy (non-hydrogen) atoms. The van der Waals surface area contributed by atoms with E-state index in [0.29, 0.717) is 7.92 Å². The van der Waals surface area contributed by atoms with Gasteiger partial charge in [0, 0.05) is 0 Å². The largest absolute Gasteiger partial charge is 0.107 e. The quantitative estimate of drug-likeness (QED) is 0.287. The molecule has 0 nitrogen and oxygen atoms in total. The Bertz CT molecular complexity index is 562.